The van der Waals surface area contributed by atoms with Crippen molar-refractivity contribution >= 4 is 40.1 Å². The van der Waals surface area contributed by atoms with Crippen molar-refractivity contribution in [3.05, 3.63) is 46.6 Å². The summed E-state index contributed by atoms with van der Waals surface area (Å²) >= 11 is 3.47. The van der Waals surface area contributed by atoms with Gasteiger partial charge in [-0.3, -0.25) is 4.79 Å². The number of aromatic nitrogens is 2. The molecular formula is C16H20BrClN4O. The summed E-state index contributed by atoms with van der Waals surface area (Å²) in [7, 11) is 0. The number of nitrogens with zero attached hydrogens (tertiary/aromatic N) is 2. The summed E-state index contributed by atoms with van der Waals surface area (Å²) in [6, 6.07) is 9.92. The average molecular weight is 400 g/mol. The fraction of sp³-hybridized carbons (Fsp3) is 0.375. The first-order valence-electron chi connectivity index (χ1n) is 7.50. The Hall–Kier alpha value is -1.37. The fourth-order valence-corrected chi connectivity index (χ4v) is 3.12. The minimum absolute atomic E-state index is 0. The normalized spacial score (nSPS) is 17.3. The van der Waals surface area contributed by atoms with Gasteiger partial charge in [0.25, 0.3) is 0 Å². The summed E-state index contributed by atoms with van der Waals surface area (Å²) in [5.74, 6) is 0.863. The first-order chi connectivity index (χ1) is 10.7. The number of carbonyl (C=O) groups is 1. The van der Waals surface area contributed by atoms with E-state index in [4.69, 9.17) is 0 Å². The standard InChI is InChI=1S/C16H19BrN4O.ClH/c17-14-5-1-3-12(9-14)11-21-15(6-8-19-21)20-16(22)13-4-2-7-18-10-13;/h1,3,5-6,8-9,13,18H,2,4,7,10-11H2,(H,20,22);1H. The Kier molecular flexibility index (Phi) is 6.62. The minimum Gasteiger partial charge on any atom is -0.316 e. The number of amides is 1. The molecule has 124 valence electrons. The van der Waals surface area contributed by atoms with Crippen LogP contribution in [0.3, 0.4) is 0 Å². The van der Waals surface area contributed by atoms with E-state index in [-0.39, 0.29) is 24.2 Å². The molecule has 2 aromatic rings. The molecule has 1 aromatic heterocycles. The highest BCUT2D eigenvalue weighted by molar-refractivity contribution is 9.10. The van der Waals surface area contributed by atoms with Crippen molar-refractivity contribution in [2.45, 2.75) is 19.4 Å². The highest BCUT2D eigenvalue weighted by Gasteiger charge is 2.21. The fourth-order valence-electron chi connectivity index (χ4n) is 2.68. The van der Waals surface area contributed by atoms with Gasteiger partial charge in [-0.05, 0) is 37.1 Å². The van der Waals surface area contributed by atoms with Gasteiger partial charge in [0.2, 0.25) is 5.91 Å². The molecule has 0 radical (unpaired) electrons. The molecule has 23 heavy (non-hydrogen) atoms. The van der Waals surface area contributed by atoms with Crippen LogP contribution in [0.2, 0.25) is 0 Å². The van der Waals surface area contributed by atoms with Gasteiger partial charge in [-0.1, -0.05) is 28.1 Å². The van der Waals surface area contributed by atoms with Crippen LogP contribution in [-0.4, -0.2) is 28.8 Å². The highest BCUT2D eigenvalue weighted by Crippen LogP contribution is 2.17. The number of hydrogen-bond acceptors (Lipinski definition) is 3. The van der Waals surface area contributed by atoms with Crippen LogP contribution in [0.15, 0.2) is 41.0 Å². The van der Waals surface area contributed by atoms with Gasteiger partial charge in [0, 0.05) is 17.1 Å². The zero-order valence-corrected chi connectivity index (χ0v) is 15.1. The first-order valence-corrected chi connectivity index (χ1v) is 8.29. The number of carbonyl (C=O) groups excluding carboxylic acids is 1. The van der Waals surface area contributed by atoms with Gasteiger partial charge < -0.3 is 10.6 Å². The Labute approximate surface area is 150 Å². The van der Waals surface area contributed by atoms with Crippen molar-refractivity contribution in [1.82, 2.24) is 15.1 Å². The van der Waals surface area contributed by atoms with E-state index < -0.39 is 0 Å². The van der Waals surface area contributed by atoms with Gasteiger partial charge in [0.05, 0.1) is 18.7 Å². The lowest BCUT2D eigenvalue weighted by atomic mass is 9.99. The Balaban J connectivity index is 0.00000192. The molecule has 3 rings (SSSR count). The molecule has 0 bridgehead atoms. The van der Waals surface area contributed by atoms with E-state index in [9.17, 15) is 4.79 Å². The van der Waals surface area contributed by atoms with Crippen LogP contribution in [0.4, 0.5) is 5.82 Å². The van der Waals surface area contributed by atoms with Crippen molar-refractivity contribution < 1.29 is 4.79 Å². The van der Waals surface area contributed by atoms with E-state index in [0.29, 0.717) is 6.54 Å². The smallest absolute Gasteiger partial charge is 0.229 e. The van der Waals surface area contributed by atoms with E-state index in [1.165, 1.54) is 0 Å². The SMILES string of the molecule is Cl.O=C(Nc1ccnn1Cc1cccc(Br)c1)C1CCCNC1. The second-order valence-electron chi connectivity index (χ2n) is 5.54. The number of benzene rings is 1. The Morgan fingerprint density at radius 1 is 1.43 bits per heavy atom. The molecular weight excluding hydrogens is 380 g/mol. The molecule has 1 aliphatic rings. The lowest BCUT2D eigenvalue weighted by Crippen LogP contribution is -2.37. The number of rotatable bonds is 4. The maximum Gasteiger partial charge on any atom is 0.229 e. The summed E-state index contributed by atoms with van der Waals surface area (Å²) in [4.78, 5) is 12.3. The second-order valence-corrected chi connectivity index (χ2v) is 6.45. The maximum absolute atomic E-state index is 12.3. The van der Waals surface area contributed by atoms with Crippen LogP contribution in [-0.2, 0) is 11.3 Å². The van der Waals surface area contributed by atoms with E-state index in [1.54, 1.807) is 6.20 Å². The van der Waals surface area contributed by atoms with E-state index in [1.807, 2.05) is 28.9 Å². The molecule has 1 aliphatic heterocycles. The Morgan fingerprint density at radius 3 is 3.04 bits per heavy atom. The van der Waals surface area contributed by atoms with Crippen LogP contribution >= 0.6 is 28.3 Å². The predicted octanol–water partition coefficient (Wildman–Crippen LogP) is 3.05. The van der Waals surface area contributed by atoms with Crippen molar-refractivity contribution in [2.75, 3.05) is 18.4 Å². The van der Waals surface area contributed by atoms with Crippen molar-refractivity contribution in [3.63, 3.8) is 0 Å². The van der Waals surface area contributed by atoms with Crippen molar-refractivity contribution in [1.29, 1.82) is 0 Å². The number of piperidine rings is 1. The van der Waals surface area contributed by atoms with Gasteiger partial charge in [-0.25, -0.2) is 4.68 Å². The van der Waals surface area contributed by atoms with Crippen LogP contribution in [0, 0.1) is 5.92 Å². The number of halogens is 2. The quantitative estimate of drug-likeness (QED) is 0.831. The summed E-state index contributed by atoms with van der Waals surface area (Å²) < 4.78 is 2.85. The molecule has 1 saturated heterocycles. The van der Waals surface area contributed by atoms with Crippen LogP contribution in [0.5, 0.6) is 0 Å². The summed E-state index contributed by atoms with van der Waals surface area (Å²) in [5.41, 5.74) is 1.13. The van der Waals surface area contributed by atoms with Crippen LogP contribution in [0.1, 0.15) is 18.4 Å². The van der Waals surface area contributed by atoms with E-state index >= 15 is 0 Å². The third-order valence-corrected chi connectivity index (χ3v) is 4.35. The third kappa shape index (κ3) is 4.80. The van der Waals surface area contributed by atoms with Crippen LogP contribution in [0.25, 0.3) is 0 Å². The molecule has 0 aliphatic carbocycles. The molecule has 1 atom stereocenters. The monoisotopic (exact) mass is 398 g/mol. The van der Waals surface area contributed by atoms with Gasteiger partial charge in [0.1, 0.15) is 5.82 Å². The van der Waals surface area contributed by atoms with Crippen LogP contribution < -0.4 is 10.6 Å². The largest absolute Gasteiger partial charge is 0.316 e. The first kappa shape index (κ1) is 18.0. The molecule has 5 nitrogen and oxygen atoms in total. The summed E-state index contributed by atoms with van der Waals surface area (Å²) in [6.07, 6.45) is 3.71. The maximum atomic E-state index is 12.3. The molecule has 1 amide bonds. The van der Waals surface area contributed by atoms with Gasteiger partial charge >= 0.3 is 0 Å². The lowest BCUT2D eigenvalue weighted by Gasteiger charge is -2.22. The van der Waals surface area contributed by atoms with E-state index in [0.717, 1.165) is 41.8 Å². The molecule has 2 N–H and O–H groups in total. The number of nitrogens with one attached hydrogen (secondary N) is 2. The Morgan fingerprint density at radius 2 is 2.30 bits per heavy atom. The van der Waals surface area contributed by atoms with E-state index in [2.05, 4.69) is 37.7 Å². The summed E-state index contributed by atoms with van der Waals surface area (Å²) in [6.45, 7) is 2.39. The second kappa shape index (κ2) is 8.47. The molecule has 1 unspecified atom stereocenters. The molecule has 1 aromatic carbocycles. The minimum atomic E-state index is 0. The molecule has 0 spiro atoms. The van der Waals surface area contributed by atoms with Crippen molar-refractivity contribution in [2.24, 2.45) is 5.92 Å². The van der Waals surface area contributed by atoms with Crippen molar-refractivity contribution in [3.8, 4) is 0 Å². The third-order valence-electron chi connectivity index (χ3n) is 3.86. The molecule has 2 heterocycles. The van der Waals surface area contributed by atoms with Gasteiger partial charge in [0.15, 0.2) is 0 Å². The lowest BCUT2D eigenvalue weighted by molar-refractivity contribution is -0.120. The zero-order valence-electron chi connectivity index (χ0n) is 12.7. The molecule has 0 saturated carbocycles. The molecule has 1 fully saturated rings. The average Bonchev–Trinajstić information content (AvgIpc) is 2.95. The predicted molar refractivity (Wildman–Crippen MR) is 96.9 cm³/mol. The molecule has 7 heteroatoms. The Bertz CT molecular complexity index is 655. The highest BCUT2D eigenvalue weighted by atomic mass is 79.9. The van der Waals surface area contributed by atoms with Gasteiger partial charge in [-0.15, -0.1) is 12.4 Å². The number of anilines is 1. The zero-order chi connectivity index (χ0) is 15.4. The summed E-state index contributed by atoms with van der Waals surface area (Å²) in [5, 5.41) is 10.6. The topological polar surface area (TPSA) is 59.0 Å². The van der Waals surface area contributed by atoms with Gasteiger partial charge in [-0.2, -0.15) is 5.10 Å². The number of hydrogen-bond donors (Lipinski definition) is 2.